The van der Waals surface area contributed by atoms with Crippen LogP contribution >= 0.6 is 0 Å². The van der Waals surface area contributed by atoms with Crippen LogP contribution in [-0.2, 0) is 4.79 Å². The number of carbonyl (C=O) groups is 1. The maximum absolute atomic E-state index is 11.9. The van der Waals surface area contributed by atoms with E-state index in [4.69, 9.17) is 0 Å². The Balaban J connectivity index is 2.56. The zero-order valence-electron chi connectivity index (χ0n) is 10.5. The van der Waals surface area contributed by atoms with Crippen LogP contribution in [0.4, 0.5) is 0 Å². The van der Waals surface area contributed by atoms with Crippen molar-refractivity contribution in [2.45, 2.75) is 46.1 Å². The summed E-state index contributed by atoms with van der Waals surface area (Å²) in [5.41, 5.74) is 0.0587. The first-order valence-electron chi connectivity index (χ1n) is 5.93. The van der Waals surface area contributed by atoms with Gasteiger partial charge in [0, 0.05) is 25.0 Å². The molecule has 0 atom stereocenters. The van der Waals surface area contributed by atoms with E-state index in [1.165, 1.54) is 0 Å². The van der Waals surface area contributed by atoms with E-state index < -0.39 is 0 Å². The van der Waals surface area contributed by atoms with Crippen molar-refractivity contribution in [1.29, 1.82) is 0 Å². The lowest BCUT2D eigenvalue weighted by atomic mass is 10.0. The van der Waals surface area contributed by atoms with Gasteiger partial charge in [0.1, 0.15) is 0 Å². The largest absolute Gasteiger partial charge is 0.341 e. The van der Waals surface area contributed by atoms with Crippen LogP contribution in [0, 0.1) is 5.92 Å². The van der Waals surface area contributed by atoms with Gasteiger partial charge in [0.15, 0.2) is 0 Å². The fraction of sp³-hybridized carbons (Fsp3) is 0.917. The second-order valence-corrected chi connectivity index (χ2v) is 5.58. The average Bonchev–Trinajstić information content (AvgIpc) is 2.25. The second kappa shape index (κ2) is 4.97. The summed E-state index contributed by atoms with van der Waals surface area (Å²) in [6, 6.07) is 0. The van der Waals surface area contributed by atoms with Crippen LogP contribution in [0.25, 0.3) is 0 Å². The number of hydrogen-bond donors (Lipinski definition) is 1. The Morgan fingerprint density at radius 3 is 2.73 bits per heavy atom. The van der Waals surface area contributed by atoms with E-state index in [1.807, 2.05) is 4.90 Å². The Morgan fingerprint density at radius 2 is 2.13 bits per heavy atom. The molecule has 3 heteroatoms. The van der Waals surface area contributed by atoms with Crippen molar-refractivity contribution in [3.8, 4) is 0 Å². The molecular weight excluding hydrogens is 188 g/mol. The van der Waals surface area contributed by atoms with E-state index in [0.29, 0.717) is 18.2 Å². The number of rotatable bonds is 2. The first-order chi connectivity index (χ1) is 6.91. The SMILES string of the molecule is CC(C)CC(=O)N1CCCNC(C)(C)C1. The molecule has 0 saturated carbocycles. The molecule has 1 aliphatic rings. The normalized spacial score (nSPS) is 21.5. The van der Waals surface area contributed by atoms with Crippen molar-refractivity contribution in [2.24, 2.45) is 5.92 Å². The minimum atomic E-state index is 0.0587. The molecule has 1 amide bonds. The van der Waals surface area contributed by atoms with Gasteiger partial charge in [-0.25, -0.2) is 0 Å². The molecule has 0 unspecified atom stereocenters. The average molecular weight is 212 g/mol. The van der Waals surface area contributed by atoms with Crippen molar-refractivity contribution in [3.63, 3.8) is 0 Å². The monoisotopic (exact) mass is 212 g/mol. The van der Waals surface area contributed by atoms with Crippen LogP contribution in [0.15, 0.2) is 0 Å². The third kappa shape index (κ3) is 4.20. The highest BCUT2D eigenvalue weighted by Gasteiger charge is 2.26. The molecule has 1 saturated heterocycles. The highest BCUT2D eigenvalue weighted by atomic mass is 16.2. The van der Waals surface area contributed by atoms with Gasteiger partial charge in [-0.3, -0.25) is 4.79 Å². The molecule has 0 aromatic heterocycles. The smallest absolute Gasteiger partial charge is 0.222 e. The first kappa shape index (κ1) is 12.5. The molecule has 88 valence electrons. The van der Waals surface area contributed by atoms with E-state index >= 15 is 0 Å². The Labute approximate surface area is 93.2 Å². The highest BCUT2D eigenvalue weighted by molar-refractivity contribution is 5.76. The van der Waals surface area contributed by atoms with Gasteiger partial charge in [-0.05, 0) is 32.7 Å². The first-order valence-corrected chi connectivity index (χ1v) is 5.93. The van der Waals surface area contributed by atoms with E-state index in [0.717, 1.165) is 26.1 Å². The third-order valence-corrected chi connectivity index (χ3v) is 2.73. The summed E-state index contributed by atoms with van der Waals surface area (Å²) in [5.74, 6) is 0.763. The Morgan fingerprint density at radius 1 is 1.47 bits per heavy atom. The quantitative estimate of drug-likeness (QED) is 0.754. The van der Waals surface area contributed by atoms with Gasteiger partial charge in [-0.2, -0.15) is 0 Å². The Kier molecular flexibility index (Phi) is 4.14. The molecule has 15 heavy (non-hydrogen) atoms. The minimum Gasteiger partial charge on any atom is -0.341 e. The number of nitrogens with one attached hydrogen (secondary N) is 1. The molecule has 0 spiro atoms. The summed E-state index contributed by atoms with van der Waals surface area (Å²) in [5, 5.41) is 3.47. The second-order valence-electron chi connectivity index (χ2n) is 5.58. The molecule has 1 aliphatic heterocycles. The molecule has 1 rings (SSSR count). The van der Waals surface area contributed by atoms with Gasteiger partial charge < -0.3 is 10.2 Å². The van der Waals surface area contributed by atoms with Crippen LogP contribution in [0.1, 0.15) is 40.5 Å². The standard InChI is InChI=1S/C12H24N2O/c1-10(2)8-11(15)14-7-5-6-13-12(3,4)9-14/h10,13H,5-9H2,1-4H3. The summed E-state index contributed by atoms with van der Waals surface area (Å²) in [7, 11) is 0. The van der Waals surface area contributed by atoms with Gasteiger partial charge in [-0.1, -0.05) is 13.8 Å². The lowest BCUT2D eigenvalue weighted by Gasteiger charge is -2.30. The molecule has 3 nitrogen and oxygen atoms in total. The zero-order chi connectivity index (χ0) is 11.5. The molecule has 1 N–H and O–H groups in total. The predicted octanol–water partition coefficient (Wildman–Crippen LogP) is 1.63. The molecule has 0 radical (unpaired) electrons. The lowest BCUT2D eigenvalue weighted by Crippen LogP contribution is -2.48. The summed E-state index contributed by atoms with van der Waals surface area (Å²) >= 11 is 0. The fourth-order valence-electron chi connectivity index (χ4n) is 2.00. The van der Waals surface area contributed by atoms with Gasteiger partial charge in [0.05, 0.1) is 0 Å². The summed E-state index contributed by atoms with van der Waals surface area (Å²) in [6.07, 6.45) is 1.74. The molecular formula is C12H24N2O. The van der Waals surface area contributed by atoms with Gasteiger partial charge in [0.2, 0.25) is 5.91 Å². The highest BCUT2D eigenvalue weighted by Crippen LogP contribution is 2.13. The number of nitrogens with zero attached hydrogens (tertiary/aromatic N) is 1. The lowest BCUT2D eigenvalue weighted by molar-refractivity contribution is -0.132. The summed E-state index contributed by atoms with van der Waals surface area (Å²) < 4.78 is 0. The number of hydrogen-bond acceptors (Lipinski definition) is 2. The minimum absolute atomic E-state index is 0.0587. The van der Waals surface area contributed by atoms with Crippen LogP contribution in [-0.4, -0.2) is 36.0 Å². The Hall–Kier alpha value is -0.570. The Bertz CT molecular complexity index is 224. The van der Waals surface area contributed by atoms with Crippen molar-refractivity contribution in [1.82, 2.24) is 10.2 Å². The van der Waals surface area contributed by atoms with E-state index in [1.54, 1.807) is 0 Å². The summed E-state index contributed by atoms with van der Waals surface area (Å²) in [6.45, 7) is 11.3. The van der Waals surface area contributed by atoms with Gasteiger partial charge in [0.25, 0.3) is 0 Å². The third-order valence-electron chi connectivity index (χ3n) is 2.73. The maximum Gasteiger partial charge on any atom is 0.222 e. The number of carbonyl (C=O) groups excluding carboxylic acids is 1. The molecule has 1 fully saturated rings. The van der Waals surface area contributed by atoms with E-state index in [2.05, 4.69) is 33.0 Å². The van der Waals surface area contributed by atoms with Crippen molar-refractivity contribution < 1.29 is 4.79 Å². The molecule has 0 bridgehead atoms. The van der Waals surface area contributed by atoms with E-state index in [9.17, 15) is 4.79 Å². The zero-order valence-corrected chi connectivity index (χ0v) is 10.5. The molecule has 0 aliphatic carbocycles. The molecule has 0 aromatic rings. The van der Waals surface area contributed by atoms with Gasteiger partial charge >= 0.3 is 0 Å². The van der Waals surface area contributed by atoms with Crippen molar-refractivity contribution in [3.05, 3.63) is 0 Å². The summed E-state index contributed by atoms with van der Waals surface area (Å²) in [4.78, 5) is 14.0. The van der Waals surface area contributed by atoms with E-state index in [-0.39, 0.29) is 5.54 Å². The van der Waals surface area contributed by atoms with Crippen molar-refractivity contribution in [2.75, 3.05) is 19.6 Å². The predicted molar refractivity (Wildman–Crippen MR) is 62.7 cm³/mol. The van der Waals surface area contributed by atoms with Gasteiger partial charge in [-0.15, -0.1) is 0 Å². The van der Waals surface area contributed by atoms with Crippen LogP contribution in [0.2, 0.25) is 0 Å². The maximum atomic E-state index is 11.9. The van der Waals surface area contributed by atoms with Crippen LogP contribution in [0.3, 0.4) is 0 Å². The number of amides is 1. The topological polar surface area (TPSA) is 32.3 Å². The fourth-order valence-corrected chi connectivity index (χ4v) is 2.00. The van der Waals surface area contributed by atoms with Crippen LogP contribution in [0.5, 0.6) is 0 Å². The van der Waals surface area contributed by atoms with Crippen molar-refractivity contribution >= 4 is 5.91 Å². The molecule has 1 heterocycles. The van der Waals surface area contributed by atoms with Crippen LogP contribution < -0.4 is 5.32 Å². The molecule has 0 aromatic carbocycles.